The molecule has 8 nitrogen and oxygen atoms in total. The summed E-state index contributed by atoms with van der Waals surface area (Å²) in [6.07, 6.45) is 3.44. The number of benzene rings is 1. The van der Waals surface area contributed by atoms with Crippen LogP contribution in [-0.2, 0) is 21.1 Å². The minimum absolute atomic E-state index is 0.00746. The summed E-state index contributed by atoms with van der Waals surface area (Å²) >= 11 is 0.736. The molecule has 0 spiro atoms. The van der Waals surface area contributed by atoms with Gasteiger partial charge in [0.2, 0.25) is 15.0 Å². The molecule has 0 aliphatic heterocycles. The Balaban J connectivity index is 1.89. The molecule has 31 heavy (non-hydrogen) atoms. The number of sulfone groups is 1. The fraction of sp³-hybridized carbons (Fsp3) is 0.238. The summed E-state index contributed by atoms with van der Waals surface area (Å²) in [5.41, 5.74) is 4.70. The molecule has 0 aliphatic rings. The van der Waals surface area contributed by atoms with E-state index in [9.17, 15) is 18.5 Å². The fourth-order valence-corrected chi connectivity index (χ4v) is 4.53. The number of rotatable bonds is 6. The van der Waals surface area contributed by atoms with Gasteiger partial charge in [-0.05, 0) is 55.7 Å². The van der Waals surface area contributed by atoms with E-state index in [1.165, 1.54) is 11.6 Å². The Labute approximate surface area is 185 Å². The number of hydrogen-bond donors (Lipinski definition) is 1. The molecule has 0 saturated heterocycles. The maximum absolute atomic E-state index is 12.5. The quantitative estimate of drug-likeness (QED) is 0.449. The number of nitrogens with zero attached hydrogens (tertiary/aromatic N) is 4. The van der Waals surface area contributed by atoms with E-state index in [2.05, 4.69) is 38.3 Å². The summed E-state index contributed by atoms with van der Waals surface area (Å²) in [5, 5.41) is 11.6. The summed E-state index contributed by atoms with van der Waals surface area (Å²) in [6, 6.07) is 12.0. The zero-order chi connectivity index (χ0) is 22.8. The zero-order valence-electron chi connectivity index (χ0n) is 17.5. The Hall–Kier alpha value is -3.29. The van der Waals surface area contributed by atoms with Crippen molar-refractivity contribution in [1.82, 2.24) is 13.9 Å². The van der Waals surface area contributed by atoms with Crippen LogP contribution in [0.1, 0.15) is 29.4 Å². The summed E-state index contributed by atoms with van der Waals surface area (Å²) < 4.78 is 28.7. The van der Waals surface area contributed by atoms with E-state index in [1.807, 2.05) is 38.1 Å². The van der Waals surface area contributed by atoms with Crippen molar-refractivity contribution in [2.24, 2.45) is 0 Å². The molecule has 160 valence electrons. The van der Waals surface area contributed by atoms with Crippen LogP contribution in [0.3, 0.4) is 0 Å². The van der Waals surface area contributed by atoms with E-state index in [4.69, 9.17) is 0 Å². The Morgan fingerprint density at radius 2 is 1.97 bits per heavy atom. The number of nitriles is 1. The van der Waals surface area contributed by atoms with Crippen molar-refractivity contribution < 1.29 is 13.2 Å². The highest BCUT2D eigenvalue weighted by molar-refractivity contribution is 7.90. The number of amides is 1. The first-order chi connectivity index (χ1) is 14.6. The number of aryl methyl sites for hydroxylation is 2. The lowest BCUT2D eigenvalue weighted by atomic mass is 10.1. The zero-order valence-corrected chi connectivity index (χ0v) is 19.1. The number of anilines is 1. The van der Waals surface area contributed by atoms with Crippen LogP contribution in [0.4, 0.5) is 5.13 Å². The molecule has 0 fully saturated rings. The van der Waals surface area contributed by atoms with E-state index in [-0.39, 0.29) is 15.9 Å². The second-order valence-corrected chi connectivity index (χ2v) is 9.62. The van der Waals surface area contributed by atoms with Crippen LogP contribution < -0.4 is 5.32 Å². The summed E-state index contributed by atoms with van der Waals surface area (Å²) in [4.78, 5) is 16.3. The molecular weight excluding hydrogens is 434 g/mol. The van der Waals surface area contributed by atoms with E-state index >= 15 is 0 Å². The van der Waals surface area contributed by atoms with Crippen molar-refractivity contribution in [1.29, 1.82) is 5.26 Å². The number of carbonyl (C=O) groups is 1. The summed E-state index contributed by atoms with van der Waals surface area (Å²) in [6.45, 7) is 5.98. The third-order valence-electron chi connectivity index (χ3n) is 4.70. The van der Waals surface area contributed by atoms with Crippen molar-refractivity contribution in [2.45, 2.75) is 32.3 Å². The number of hydrogen-bond acceptors (Lipinski definition) is 7. The van der Waals surface area contributed by atoms with Crippen LogP contribution in [0.5, 0.6) is 0 Å². The Kier molecular flexibility index (Phi) is 6.38. The van der Waals surface area contributed by atoms with Gasteiger partial charge in [0, 0.05) is 34.9 Å². The van der Waals surface area contributed by atoms with Crippen molar-refractivity contribution in [3.05, 3.63) is 58.4 Å². The molecule has 0 saturated carbocycles. The van der Waals surface area contributed by atoms with Crippen LogP contribution in [-0.4, -0.2) is 34.5 Å². The largest absolute Gasteiger partial charge is 0.318 e. The van der Waals surface area contributed by atoms with E-state index in [0.717, 1.165) is 46.8 Å². The van der Waals surface area contributed by atoms with Gasteiger partial charge >= 0.3 is 0 Å². The Morgan fingerprint density at radius 3 is 2.52 bits per heavy atom. The van der Waals surface area contributed by atoms with Gasteiger partial charge in [0.05, 0.1) is 0 Å². The number of aromatic nitrogens is 3. The topological polar surface area (TPSA) is 118 Å². The standard InChI is InChI=1S/C21H21N5O3S2/c1-5-15-6-8-18(9-7-15)26-13(2)10-16(14(26)3)11-17(12-22)19(27)23-20-24-21(25-30-20)31(4,28)29/h6-11H,5H2,1-4H3,(H,23,24,25,27). The molecule has 2 heterocycles. The normalized spacial score (nSPS) is 11.9. The highest BCUT2D eigenvalue weighted by Gasteiger charge is 2.18. The third kappa shape index (κ3) is 4.90. The number of carbonyl (C=O) groups excluding carboxylic acids is 1. The molecule has 1 amide bonds. The first-order valence-corrected chi connectivity index (χ1v) is 12.1. The monoisotopic (exact) mass is 455 g/mol. The maximum atomic E-state index is 12.5. The molecule has 0 atom stereocenters. The molecular formula is C21H21N5O3S2. The van der Waals surface area contributed by atoms with E-state index < -0.39 is 15.7 Å². The van der Waals surface area contributed by atoms with Crippen molar-refractivity contribution in [3.8, 4) is 11.8 Å². The average molecular weight is 456 g/mol. The highest BCUT2D eigenvalue weighted by atomic mass is 32.2. The smallest absolute Gasteiger partial charge is 0.268 e. The lowest BCUT2D eigenvalue weighted by Gasteiger charge is -2.10. The van der Waals surface area contributed by atoms with Crippen molar-refractivity contribution in [3.63, 3.8) is 0 Å². The first-order valence-electron chi connectivity index (χ1n) is 9.39. The van der Waals surface area contributed by atoms with Gasteiger partial charge < -0.3 is 4.57 Å². The minimum atomic E-state index is -3.58. The second-order valence-electron chi connectivity index (χ2n) is 6.96. The van der Waals surface area contributed by atoms with Crippen molar-refractivity contribution >= 4 is 38.5 Å². The van der Waals surface area contributed by atoms with Gasteiger partial charge in [0.25, 0.3) is 11.1 Å². The Bertz CT molecular complexity index is 1310. The van der Waals surface area contributed by atoms with Crippen LogP contribution in [0.15, 0.2) is 41.1 Å². The first kappa shape index (κ1) is 22.4. The predicted molar refractivity (Wildman–Crippen MR) is 120 cm³/mol. The van der Waals surface area contributed by atoms with E-state index in [1.54, 1.807) is 0 Å². The molecule has 1 N–H and O–H groups in total. The molecule has 0 radical (unpaired) electrons. The molecule has 0 unspecified atom stereocenters. The van der Waals surface area contributed by atoms with Crippen LogP contribution in [0.2, 0.25) is 0 Å². The Morgan fingerprint density at radius 1 is 1.29 bits per heavy atom. The van der Waals surface area contributed by atoms with Gasteiger partial charge in [-0.25, -0.2) is 8.42 Å². The highest BCUT2D eigenvalue weighted by Crippen LogP contribution is 2.24. The molecule has 3 aromatic rings. The van der Waals surface area contributed by atoms with Crippen molar-refractivity contribution in [2.75, 3.05) is 11.6 Å². The summed E-state index contributed by atoms with van der Waals surface area (Å²) in [5.74, 6) is -0.684. The molecule has 10 heteroatoms. The van der Waals surface area contributed by atoms with Gasteiger partial charge in [-0.2, -0.15) is 14.6 Å². The lowest BCUT2D eigenvalue weighted by molar-refractivity contribution is -0.112. The molecule has 2 aromatic heterocycles. The fourth-order valence-electron chi connectivity index (χ4n) is 3.09. The van der Waals surface area contributed by atoms with E-state index in [0.29, 0.717) is 0 Å². The third-order valence-corrected chi connectivity index (χ3v) is 6.29. The molecule has 3 rings (SSSR count). The molecule has 0 aliphatic carbocycles. The van der Waals surface area contributed by atoms with Gasteiger partial charge in [0.1, 0.15) is 11.6 Å². The predicted octanol–water partition coefficient (Wildman–Crippen LogP) is 3.46. The van der Waals surface area contributed by atoms with Gasteiger partial charge in [-0.1, -0.05) is 19.1 Å². The van der Waals surface area contributed by atoms with Crippen LogP contribution in [0, 0.1) is 25.2 Å². The average Bonchev–Trinajstić information content (AvgIpc) is 3.30. The lowest BCUT2D eigenvalue weighted by Crippen LogP contribution is -2.13. The van der Waals surface area contributed by atoms with Gasteiger partial charge in [0.15, 0.2) is 0 Å². The van der Waals surface area contributed by atoms with Gasteiger partial charge in [-0.3, -0.25) is 10.1 Å². The van der Waals surface area contributed by atoms with Gasteiger partial charge in [-0.15, -0.1) is 0 Å². The summed E-state index contributed by atoms with van der Waals surface area (Å²) in [7, 11) is -3.58. The SMILES string of the molecule is CCc1ccc(-n2c(C)cc(C=C(C#N)C(=O)Nc3nc(S(C)(=O)=O)ns3)c2C)cc1. The van der Waals surface area contributed by atoms with Crippen LogP contribution >= 0.6 is 11.5 Å². The van der Waals surface area contributed by atoms with Crippen LogP contribution in [0.25, 0.3) is 11.8 Å². The molecule has 1 aromatic carbocycles. The minimum Gasteiger partial charge on any atom is -0.318 e. The second kappa shape index (κ2) is 8.83. The molecule has 0 bridgehead atoms. The number of nitrogens with one attached hydrogen (secondary N) is 1. The maximum Gasteiger partial charge on any atom is 0.268 e.